The summed E-state index contributed by atoms with van der Waals surface area (Å²) in [5.74, 6) is 0. The van der Waals surface area contributed by atoms with Crippen molar-refractivity contribution in [3.05, 3.63) is 33.9 Å². The van der Waals surface area contributed by atoms with E-state index in [1.54, 1.807) is 0 Å². The Morgan fingerprint density at radius 1 is 1.05 bits per heavy atom. The molecule has 1 aromatic rings. The normalized spacial score (nSPS) is 22.5. The van der Waals surface area contributed by atoms with Crippen molar-refractivity contribution in [2.24, 2.45) is 5.41 Å². The predicted molar refractivity (Wildman–Crippen MR) is 75.2 cm³/mol. The minimum atomic E-state index is -0.166. The molecular weight excluding hydrogens is 234 g/mol. The molecule has 0 N–H and O–H groups in total. The summed E-state index contributed by atoms with van der Waals surface area (Å²) in [7, 11) is 0. The number of aryl methyl sites for hydroxylation is 2. The Bertz CT molecular complexity index is 560. The SMILES string of the molecule is Cc1cc(C)c(C)c(C2(C3(C#N)CC3)COC2)c1C. The highest BCUT2D eigenvalue weighted by Crippen LogP contribution is 2.63. The molecule has 0 bridgehead atoms. The van der Waals surface area contributed by atoms with Crippen LogP contribution in [0.5, 0.6) is 0 Å². The van der Waals surface area contributed by atoms with E-state index in [2.05, 4.69) is 39.8 Å². The number of rotatable bonds is 2. The van der Waals surface area contributed by atoms with E-state index in [1.807, 2.05) is 0 Å². The molecule has 1 aromatic carbocycles. The fourth-order valence-electron chi connectivity index (χ4n) is 3.72. The third kappa shape index (κ3) is 1.45. The van der Waals surface area contributed by atoms with Crippen LogP contribution in [-0.2, 0) is 10.2 Å². The van der Waals surface area contributed by atoms with Gasteiger partial charge in [0.05, 0.1) is 30.1 Å². The molecule has 1 aliphatic heterocycles. The zero-order chi connectivity index (χ0) is 13.8. The summed E-state index contributed by atoms with van der Waals surface area (Å²) in [6.07, 6.45) is 2.05. The van der Waals surface area contributed by atoms with Gasteiger partial charge in [0, 0.05) is 0 Å². The number of nitrogens with zero attached hydrogens (tertiary/aromatic N) is 1. The van der Waals surface area contributed by atoms with Gasteiger partial charge in [-0.15, -0.1) is 0 Å². The summed E-state index contributed by atoms with van der Waals surface area (Å²) in [4.78, 5) is 0. The summed E-state index contributed by atoms with van der Waals surface area (Å²) >= 11 is 0. The van der Waals surface area contributed by atoms with Gasteiger partial charge in [0.1, 0.15) is 0 Å². The Morgan fingerprint density at radius 3 is 1.89 bits per heavy atom. The average Bonchev–Trinajstić information content (AvgIpc) is 3.11. The van der Waals surface area contributed by atoms with Crippen molar-refractivity contribution in [3.63, 3.8) is 0 Å². The third-order valence-electron chi connectivity index (χ3n) is 5.42. The van der Waals surface area contributed by atoms with E-state index in [1.165, 1.54) is 27.8 Å². The molecular formula is C17H21NO. The maximum atomic E-state index is 9.63. The van der Waals surface area contributed by atoms with Crippen LogP contribution in [0, 0.1) is 44.4 Å². The van der Waals surface area contributed by atoms with Crippen LogP contribution < -0.4 is 0 Å². The number of hydrogen-bond acceptors (Lipinski definition) is 2. The lowest BCUT2D eigenvalue weighted by molar-refractivity contribution is -0.0873. The van der Waals surface area contributed by atoms with Crippen molar-refractivity contribution in [1.82, 2.24) is 0 Å². The maximum Gasteiger partial charge on any atom is 0.0716 e. The molecule has 1 saturated carbocycles. The molecule has 2 nitrogen and oxygen atoms in total. The first kappa shape index (κ1) is 12.7. The Kier molecular flexibility index (Phi) is 2.56. The minimum absolute atomic E-state index is 0.0489. The molecule has 0 unspecified atom stereocenters. The monoisotopic (exact) mass is 255 g/mol. The second-order valence-electron chi connectivity index (χ2n) is 6.40. The van der Waals surface area contributed by atoms with Gasteiger partial charge in [-0.25, -0.2) is 0 Å². The Balaban J connectivity index is 2.24. The number of hydrogen-bond donors (Lipinski definition) is 0. The van der Waals surface area contributed by atoms with Gasteiger partial charge in [0.2, 0.25) is 0 Å². The molecule has 0 atom stereocenters. The highest BCUT2D eigenvalue weighted by molar-refractivity contribution is 5.52. The van der Waals surface area contributed by atoms with Crippen molar-refractivity contribution >= 4 is 0 Å². The number of benzene rings is 1. The molecule has 1 aliphatic carbocycles. The van der Waals surface area contributed by atoms with Crippen LogP contribution in [-0.4, -0.2) is 13.2 Å². The van der Waals surface area contributed by atoms with Crippen molar-refractivity contribution in [3.8, 4) is 6.07 Å². The van der Waals surface area contributed by atoms with Crippen molar-refractivity contribution < 1.29 is 4.74 Å². The fraction of sp³-hybridized carbons (Fsp3) is 0.588. The number of nitriles is 1. The summed E-state index contributed by atoms with van der Waals surface area (Å²) in [5, 5.41) is 9.63. The smallest absolute Gasteiger partial charge is 0.0716 e. The van der Waals surface area contributed by atoms with Crippen LogP contribution in [0.3, 0.4) is 0 Å². The molecule has 2 aliphatic rings. The Labute approximate surface area is 115 Å². The Morgan fingerprint density at radius 2 is 1.58 bits per heavy atom. The number of ether oxygens (including phenoxy) is 1. The van der Waals surface area contributed by atoms with Crippen LogP contribution in [0.2, 0.25) is 0 Å². The topological polar surface area (TPSA) is 33.0 Å². The van der Waals surface area contributed by atoms with Gasteiger partial charge in [0.15, 0.2) is 0 Å². The summed E-state index contributed by atoms with van der Waals surface area (Å²) in [6.45, 7) is 10.2. The molecule has 1 saturated heterocycles. The second-order valence-corrected chi connectivity index (χ2v) is 6.40. The van der Waals surface area contributed by atoms with E-state index >= 15 is 0 Å². The summed E-state index contributed by atoms with van der Waals surface area (Å²) < 4.78 is 5.56. The molecule has 2 heteroatoms. The fourth-order valence-corrected chi connectivity index (χ4v) is 3.72. The lowest BCUT2D eigenvalue weighted by Gasteiger charge is -2.47. The average molecular weight is 255 g/mol. The standard InChI is InChI=1S/C17H21NO/c1-11-7-12(2)14(4)15(13(11)3)17(9-19-10-17)16(8-18)5-6-16/h7H,5-6,9-10H2,1-4H3. The van der Waals surface area contributed by atoms with Crippen molar-refractivity contribution in [2.45, 2.75) is 46.0 Å². The molecule has 3 rings (SSSR count). The Hall–Kier alpha value is -1.33. The molecule has 0 spiro atoms. The maximum absolute atomic E-state index is 9.63. The third-order valence-corrected chi connectivity index (χ3v) is 5.42. The van der Waals surface area contributed by atoms with Crippen molar-refractivity contribution in [1.29, 1.82) is 5.26 Å². The summed E-state index contributed by atoms with van der Waals surface area (Å²) in [6, 6.07) is 4.86. The second kappa shape index (κ2) is 3.84. The van der Waals surface area contributed by atoms with Crippen LogP contribution >= 0.6 is 0 Å². The van der Waals surface area contributed by atoms with E-state index in [0.717, 1.165) is 12.8 Å². The van der Waals surface area contributed by atoms with Gasteiger partial charge in [-0.3, -0.25) is 0 Å². The van der Waals surface area contributed by atoms with Crippen LogP contribution in [0.25, 0.3) is 0 Å². The predicted octanol–water partition coefficient (Wildman–Crippen LogP) is 3.49. The molecule has 0 amide bonds. The molecule has 1 heterocycles. The van der Waals surface area contributed by atoms with Crippen molar-refractivity contribution in [2.75, 3.05) is 13.2 Å². The lowest BCUT2D eigenvalue weighted by Crippen LogP contribution is -2.54. The molecule has 100 valence electrons. The zero-order valence-electron chi connectivity index (χ0n) is 12.3. The van der Waals surface area contributed by atoms with E-state index in [0.29, 0.717) is 13.2 Å². The molecule has 2 fully saturated rings. The highest BCUT2D eigenvalue weighted by Gasteiger charge is 2.65. The first-order valence-electron chi connectivity index (χ1n) is 7.04. The molecule has 19 heavy (non-hydrogen) atoms. The van der Waals surface area contributed by atoms with E-state index in [9.17, 15) is 5.26 Å². The zero-order valence-corrected chi connectivity index (χ0v) is 12.3. The van der Waals surface area contributed by atoms with E-state index in [-0.39, 0.29) is 10.8 Å². The minimum Gasteiger partial charge on any atom is -0.379 e. The van der Waals surface area contributed by atoms with Crippen LogP contribution in [0.1, 0.15) is 40.7 Å². The van der Waals surface area contributed by atoms with Gasteiger partial charge in [0.25, 0.3) is 0 Å². The van der Waals surface area contributed by atoms with Gasteiger partial charge in [-0.1, -0.05) is 6.07 Å². The first-order valence-corrected chi connectivity index (χ1v) is 7.04. The van der Waals surface area contributed by atoms with Gasteiger partial charge in [-0.2, -0.15) is 5.26 Å². The molecule has 0 radical (unpaired) electrons. The lowest BCUT2D eigenvalue weighted by atomic mass is 9.63. The first-order chi connectivity index (χ1) is 8.97. The van der Waals surface area contributed by atoms with Crippen LogP contribution in [0.4, 0.5) is 0 Å². The van der Waals surface area contributed by atoms with Crippen LogP contribution in [0.15, 0.2) is 6.07 Å². The largest absolute Gasteiger partial charge is 0.379 e. The van der Waals surface area contributed by atoms with E-state index < -0.39 is 0 Å². The van der Waals surface area contributed by atoms with Gasteiger partial charge < -0.3 is 4.74 Å². The highest BCUT2D eigenvalue weighted by atomic mass is 16.5. The van der Waals surface area contributed by atoms with E-state index in [4.69, 9.17) is 4.74 Å². The summed E-state index contributed by atoms with van der Waals surface area (Å²) in [5.41, 5.74) is 6.56. The quantitative estimate of drug-likeness (QED) is 0.810. The van der Waals surface area contributed by atoms with Gasteiger partial charge in [-0.05, 0) is 68.4 Å². The van der Waals surface area contributed by atoms with Gasteiger partial charge >= 0.3 is 0 Å². The molecule has 0 aromatic heterocycles.